The number of methoxy groups -OCH3 is 1. The van der Waals surface area contributed by atoms with Crippen molar-refractivity contribution >= 4 is 33.3 Å². The summed E-state index contributed by atoms with van der Waals surface area (Å²) in [5.74, 6) is -2.75. The molecule has 2 heterocycles. The van der Waals surface area contributed by atoms with Gasteiger partial charge in [-0.3, -0.25) is 4.79 Å². The number of thiophene rings is 1. The van der Waals surface area contributed by atoms with Crippen LogP contribution in [-0.2, 0) is 19.6 Å². The predicted octanol–water partition coefficient (Wildman–Crippen LogP) is 0.876. The maximum atomic E-state index is 12.6. The predicted molar refractivity (Wildman–Crippen MR) is 74.7 cm³/mol. The number of ether oxygens (including phenoxy) is 1. The molecule has 1 fully saturated rings. The van der Waals surface area contributed by atoms with Crippen LogP contribution in [0.3, 0.4) is 0 Å². The Labute approximate surface area is 126 Å². The van der Waals surface area contributed by atoms with E-state index in [1.54, 1.807) is 6.92 Å². The van der Waals surface area contributed by atoms with Gasteiger partial charge in [-0.1, -0.05) is 6.92 Å². The number of aliphatic carboxylic acids is 1. The second-order valence-electron chi connectivity index (χ2n) is 4.85. The number of carboxylic acid groups (broad SMARTS) is 1. The molecule has 0 saturated carbocycles. The molecule has 2 rings (SSSR count). The van der Waals surface area contributed by atoms with Gasteiger partial charge in [0.05, 0.1) is 13.0 Å². The van der Waals surface area contributed by atoms with Crippen molar-refractivity contribution in [2.24, 2.45) is 11.8 Å². The molecule has 2 atom stereocenters. The fraction of sp³-hybridized carbons (Fsp3) is 0.500. The Morgan fingerprint density at radius 1 is 1.43 bits per heavy atom. The molecule has 1 aliphatic heterocycles. The van der Waals surface area contributed by atoms with Gasteiger partial charge in [0.2, 0.25) is 10.0 Å². The quantitative estimate of drug-likeness (QED) is 0.821. The number of hydrogen-bond acceptors (Lipinski definition) is 6. The zero-order valence-electron chi connectivity index (χ0n) is 11.5. The van der Waals surface area contributed by atoms with Crippen molar-refractivity contribution in [2.45, 2.75) is 11.8 Å². The summed E-state index contributed by atoms with van der Waals surface area (Å²) in [6, 6.07) is 1.34. The van der Waals surface area contributed by atoms with Gasteiger partial charge in [-0.05, 0) is 17.4 Å². The molecule has 1 aromatic heterocycles. The molecule has 0 aliphatic carbocycles. The van der Waals surface area contributed by atoms with Crippen LogP contribution in [0.25, 0.3) is 0 Å². The smallest absolute Gasteiger partial charge is 0.349 e. The van der Waals surface area contributed by atoms with E-state index in [0.29, 0.717) is 0 Å². The molecule has 0 unspecified atom stereocenters. The molecule has 0 aromatic carbocycles. The van der Waals surface area contributed by atoms with Crippen molar-refractivity contribution < 1.29 is 27.9 Å². The maximum absolute atomic E-state index is 12.6. The van der Waals surface area contributed by atoms with Crippen LogP contribution in [0, 0.1) is 11.8 Å². The van der Waals surface area contributed by atoms with Crippen LogP contribution < -0.4 is 0 Å². The Hall–Kier alpha value is -1.45. The highest BCUT2D eigenvalue weighted by molar-refractivity contribution is 7.89. The van der Waals surface area contributed by atoms with Gasteiger partial charge in [-0.25, -0.2) is 13.2 Å². The number of esters is 1. The molecule has 1 saturated heterocycles. The standard InChI is InChI=1S/C12H15NO6S2/c1-7-5-13(6-8(7)11(14)15)21(17,18)9-3-4-20-10(9)12(16)19-2/h3-4,7-8H,5-6H2,1-2H3,(H,14,15)/t7-,8-/m1/s1. The molecule has 7 nitrogen and oxygen atoms in total. The van der Waals surface area contributed by atoms with Gasteiger partial charge >= 0.3 is 11.9 Å². The average Bonchev–Trinajstić information content (AvgIpc) is 3.04. The summed E-state index contributed by atoms with van der Waals surface area (Å²) >= 11 is 0.979. The van der Waals surface area contributed by atoms with Crippen LogP contribution >= 0.6 is 11.3 Å². The second kappa shape index (κ2) is 5.74. The molecule has 116 valence electrons. The molecule has 0 spiro atoms. The molecule has 1 N–H and O–H groups in total. The lowest BCUT2D eigenvalue weighted by Crippen LogP contribution is -2.30. The fourth-order valence-electron chi connectivity index (χ4n) is 2.32. The lowest BCUT2D eigenvalue weighted by Gasteiger charge is -2.15. The lowest BCUT2D eigenvalue weighted by molar-refractivity contribution is -0.142. The van der Waals surface area contributed by atoms with Crippen LogP contribution in [0.4, 0.5) is 0 Å². The number of nitrogens with zero attached hydrogens (tertiary/aromatic N) is 1. The van der Waals surface area contributed by atoms with Gasteiger partial charge in [0.25, 0.3) is 0 Å². The van der Waals surface area contributed by atoms with E-state index >= 15 is 0 Å². The monoisotopic (exact) mass is 333 g/mol. The number of carbonyl (C=O) groups is 2. The first-order valence-electron chi connectivity index (χ1n) is 6.17. The number of carboxylic acids is 1. The summed E-state index contributed by atoms with van der Waals surface area (Å²) < 4.78 is 30.8. The highest BCUT2D eigenvalue weighted by Gasteiger charge is 2.42. The molecule has 1 aliphatic rings. The zero-order valence-corrected chi connectivity index (χ0v) is 13.1. The number of rotatable bonds is 4. The summed E-state index contributed by atoms with van der Waals surface area (Å²) in [6.07, 6.45) is 0. The minimum atomic E-state index is -3.90. The van der Waals surface area contributed by atoms with Crippen molar-refractivity contribution in [1.82, 2.24) is 4.31 Å². The van der Waals surface area contributed by atoms with Crippen LogP contribution in [0.15, 0.2) is 16.3 Å². The van der Waals surface area contributed by atoms with E-state index in [4.69, 9.17) is 5.11 Å². The molecule has 21 heavy (non-hydrogen) atoms. The number of sulfonamides is 1. The van der Waals surface area contributed by atoms with Crippen molar-refractivity contribution in [2.75, 3.05) is 20.2 Å². The molecule has 0 amide bonds. The van der Waals surface area contributed by atoms with Gasteiger partial charge in [-0.2, -0.15) is 4.31 Å². The molecular formula is C12H15NO6S2. The zero-order chi connectivity index (χ0) is 15.8. The fourth-order valence-corrected chi connectivity index (χ4v) is 5.20. The van der Waals surface area contributed by atoms with Gasteiger partial charge < -0.3 is 9.84 Å². The first kappa shape index (κ1) is 15.9. The van der Waals surface area contributed by atoms with Gasteiger partial charge in [0.1, 0.15) is 9.77 Å². The van der Waals surface area contributed by atoms with E-state index < -0.39 is 27.9 Å². The molecule has 9 heteroatoms. The topological polar surface area (TPSA) is 101 Å². The van der Waals surface area contributed by atoms with Crippen molar-refractivity contribution in [3.63, 3.8) is 0 Å². The summed E-state index contributed by atoms with van der Waals surface area (Å²) in [6.45, 7) is 1.73. The Morgan fingerprint density at radius 2 is 2.10 bits per heavy atom. The third-order valence-corrected chi connectivity index (χ3v) is 6.41. The van der Waals surface area contributed by atoms with Crippen molar-refractivity contribution in [3.8, 4) is 0 Å². The summed E-state index contributed by atoms with van der Waals surface area (Å²) in [4.78, 5) is 22.6. The van der Waals surface area contributed by atoms with Crippen molar-refractivity contribution in [3.05, 3.63) is 16.3 Å². The summed E-state index contributed by atoms with van der Waals surface area (Å²) in [5, 5.41) is 10.6. The van der Waals surface area contributed by atoms with Crippen LogP contribution in [0.5, 0.6) is 0 Å². The van der Waals surface area contributed by atoms with E-state index in [-0.39, 0.29) is 28.8 Å². The molecular weight excluding hydrogens is 318 g/mol. The Bertz CT molecular complexity index is 665. The van der Waals surface area contributed by atoms with E-state index in [9.17, 15) is 18.0 Å². The molecule has 0 radical (unpaired) electrons. The van der Waals surface area contributed by atoms with Gasteiger partial charge in [-0.15, -0.1) is 11.3 Å². The van der Waals surface area contributed by atoms with Gasteiger partial charge in [0.15, 0.2) is 0 Å². The minimum Gasteiger partial charge on any atom is -0.481 e. The lowest BCUT2D eigenvalue weighted by atomic mass is 9.99. The third kappa shape index (κ3) is 2.81. The Kier molecular flexibility index (Phi) is 4.35. The van der Waals surface area contributed by atoms with Crippen molar-refractivity contribution in [1.29, 1.82) is 0 Å². The normalized spacial score (nSPS) is 23.1. The van der Waals surface area contributed by atoms with Crippen LogP contribution in [-0.4, -0.2) is 50.0 Å². The van der Waals surface area contributed by atoms with Gasteiger partial charge in [0, 0.05) is 13.1 Å². The minimum absolute atomic E-state index is 0.00364. The Balaban J connectivity index is 2.34. The first-order chi connectivity index (χ1) is 9.78. The van der Waals surface area contributed by atoms with E-state index in [2.05, 4.69) is 4.74 Å². The average molecular weight is 333 g/mol. The number of hydrogen-bond donors (Lipinski definition) is 1. The highest BCUT2D eigenvalue weighted by Crippen LogP contribution is 2.32. The molecule has 0 bridgehead atoms. The molecule has 1 aromatic rings. The van der Waals surface area contributed by atoms with E-state index in [1.807, 2.05) is 0 Å². The summed E-state index contributed by atoms with van der Waals surface area (Å²) in [5.41, 5.74) is 0. The maximum Gasteiger partial charge on any atom is 0.349 e. The van der Waals surface area contributed by atoms with Crippen LogP contribution in [0.1, 0.15) is 16.6 Å². The van der Waals surface area contributed by atoms with Crippen LogP contribution in [0.2, 0.25) is 0 Å². The second-order valence-corrected chi connectivity index (χ2v) is 7.67. The number of carbonyl (C=O) groups excluding carboxylic acids is 1. The third-order valence-electron chi connectivity index (χ3n) is 3.51. The van der Waals surface area contributed by atoms with E-state index in [1.165, 1.54) is 18.6 Å². The SMILES string of the molecule is COC(=O)c1sccc1S(=O)(=O)N1C[C@@H](C)[C@H](C(=O)O)C1. The highest BCUT2D eigenvalue weighted by atomic mass is 32.2. The largest absolute Gasteiger partial charge is 0.481 e. The summed E-state index contributed by atoms with van der Waals surface area (Å²) in [7, 11) is -2.72. The van der Waals surface area contributed by atoms with E-state index in [0.717, 1.165) is 15.6 Å². The Morgan fingerprint density at radius 3 is 2.62 bits per heavy atom. The first-order valence-corrected chi connectivity index (χ1v) is 8.49.